The normalized spacial score (nSPS) is 15.0. The van der Waals surface area contributed by atoms with Gasteiger partial charge in [0.25, 0.3) is 0 Å². The summed E-state index contributed by atoms with van der Waals surface area (Å²) in [5.74, 6) is 1.53. The third-order valence-corrected chi connectivity index (χ3v) is 5.26. The van der Waals surface area contributed by atoms with Crippen LogP contribution in [0.3, 0.4) is 0 Å². The van der Waals surface area contributed by atoms with E-state index >= 15 is 0 Å². The van der Waals surface area contributed by atoms with Crippen LogP contribution in [-0.2, 0) is 13.6 Å². The van der Waals surface area contributed by atoms with Crippen molar-refractivity contribution in [2.45, 2.75) is 20.4 Å². The van der Waals surface area contributed by atoms with Gasteiger partial charge in [-0.05, 0) is 43.7 Å². The van der Waals surface area contributed by atoms with Crippen LogP contribution in [0.5, 0.6) is 11.6 Å². The Hall–Kier alpha value is -2.86. The van der Waals surface area contributed by atoms with E-state index in [0.29, 0.717) is 0 Å². The number of hydrogen-bond acceptors (Lipinski definition) is 5. The lowest BCUT2D eigenvalue weighted by Gasteiger charge is -2.36. The van der Waals surface area contributed by atoms with E-state index in [4.69, 9.17) is 4.74 Å². The molecule has 146 valence electrons. The van der Waals surface area contributed by atoms with E-state index in [1.165, 1.54) is 11.3 Å². The molecule has 0 unspecified atom stereocenters. The zero-order valence-corrected chi connectivity index (χ0v) is 16.8. The van der Waals surface area contributed by atoms with Crippen molar-refractivity contribution in [1.82, 2.24) is 19.7 Å². The third kappa shape index (κ3) is 4.02. The Bertz CT molecular complexity index is 929. The SMILES string of the molecule is Cc1cccc(N2CCN(Cc3c(C)nn(C)c3Oc3cccnc3)CC2)c1. The van der Waals surface area contributed by atoms with Crippen LogP contribution in [0.25, 0.3) is 0 Å². The molecule has 3 aromatic rings. The highest BCUT2D eigenvalue weighted by molar-refractivity contribution is 5.48. The average molecular weight is 377 g/mol. The molecule has 0 N–H and O–H groups in total. The molecule has 0 bridgehead atoms. The number of rotatable bonds is 5. The van der Waals surface area contributed by atoms with Gasteiger partial charge < -0.3 is 9.64 Å². The fourth-order valence-electron chi connectivity index (χ4n) is 3.72. The Kier molecular flexibility index (Phi) is 5.30. The molecule has 1 aliphatic rings. The molecule has 1 saturated heterocycles. The van der Waals surface area contributed by atoms with Crippen molar-refractivity contribution < 1.29 is 4.74 Å². The first-order valence-corrected chi connectivity index (χ1v) is 9.74. The number of aromatic nitrogens is 3. The van der Waals surface area contributed by atoms with Gasteiger partial charge in [0, 0.05) is 51.7 Å². The number of piperazine rings is 1. The van der Waals surface area contributed by atoms with Crippen LogP contribution in [0.4, 0.5) is 5.69 Å². The molecule has 0 saturated carbocycles. The summed E-state index contributed by atoms with van der Waals surface area (Å²) < 4.78 is 7.93. The van der Waals surface area contributed by atoms with Gasteiger partial charge in [-0.25, -0.2) is 4.68 Å². The van der Waals surface area contributed by atoms with Crippen LogP contribution in [0.15, 0.2) is 48.8 Å². The molecular weight excluding hydrogens is 350 g/mol. The summed E-state index contributed by atoms with van der Waals surface area (Å²) in [7, 11) is 1.93. The highest BCUT2D eigenvalue weighted by Gasteiger charge is 2.22. The molecule has 1 aromatic carbocycles. The van der Waals surface area contributed by atoms with Gasteiger partial charge in [-0.15, -0.1) is 0 Å². The Morgan fingerprint density at radius 2 is 1.86 bits per heavy atom. The lowest BCUT2D eigenvalue weighted by molar-refractivity contribution is 0.246. The molecular formula is C22H27N5O. The maximum atomic E-state index is 6.11. The number of pyridine rings is 1. The second-order valence-electron chi connectivity index (χ2n) is 7.39. The second-order valence-corrected chi connectivity index (χ2v) is 7.39. The summed E-state index contributed by atoms with van der Waals surface area (Å²) in [5, 5.41) is 4.58. The average Bonchev–Trinajstić information content (AvgIpc) is 2.96. The van der Waals surface area contributed by atoms with Crippen molar-refractivity contribution in [3.63, 3.8) is 0 Å². The summed E-state index contributed by atoms with van der Waals surface area (Å²) in [5.41, 5.74) is 4.79. The molecule has 0 aliphatic carbocycles. The van der Waals surface area contributed by atoms with Gasteiger partial charge in [-0.2, -0.15) is 5.10 Å². The second kappa shape index (κ2) is 8.02. The van der Waals surface area contributed by atoms with E-state index in [9.17, 15) is 0 Å². The van der Waals surface area contributed by atoms with E-state index < -0.39 is 0 Å². The number of ether oxygens (including phenoxy) is 1. The summed E-state index contributed by atoms with van der Waals surface area (Å²) in [6, 6.07) is 12.5. The largest absolute Gasteiger partial charge is 0.437 e. The van der Waals surface area contributed by atoms with Crippen LogP contribution < -0.4 is 9.64 Å². The van der Waals surface area contributed by atoms with Crippen LogP contribution in [-0.4, -0.2) is 45.8 Å². The smallest absolute Gasteiger partial charge is 0.222 e. The molecule has 0 radical (unpaired) electrons. The van der Waals surface area contributed by atoms with E-state index in [1.807, 2.05) is 23.9 Å². The number of anilines is 1. The zero-order valence-electron chi connectivity index (χ0n) is 16.8. The molecule has 6 heteroatoms. The highest BCUT2D eigenvalue weighted by Crippen LogP contribution is 2.28. The minimum Gasteiger partial charge on any atom is -0.437 e. The number of aryl methyl sites for hydroxylation is 3. The number of nitrogens with zero attached hydrogens (tertiary/aromatic N) is 5. The van der Waals surface area contributed by atoms with Gasteiger partial charge in [0.1, 0.15) is 5.75 Å². The Morgan fingerprint density at radius 3 is 2.57 bits per heavy atom. The highest BCUT2D eigenvalue weighted by atomic mass is 16.5. The molecule has 3 heterocycles. The lowest BCUT2D eigenvalue weighted by atomic mass is 10.1. The maximum absolute atomic E-state index is 6.11. The van der Waals surface area contributed by atoms with Crippen LogP contribution in [0.1, 0.15) is 16.8 Å². The molecule has 2 aromatic heterocycles. The lowest BCUT2D eigenvalue weighted by Crippen LogP contribution is -2.46. The summed E-state index contributed by atoms with van der Waals surface area (Å²) >= 11 is 0. The van der Waals surface area contributed by atoms with Gasteiger partial charge in [0.15, 0.2) is 0 Å². The van der Waals surface area contributed by atoms with E-state index in [0.717, 1.165) is 55.6 Å². The molecule has 0 spiro atoms. The summed E-state index contributed by atoms with van der Waals surface area (Å²) in [4.78, 5) is 9.08. The number of benzene rings is 1. The molecule has 28 heavy (non-hydrogen) atoms. The van der Waals surface area contributed by atoms with Crippen molar-refractivity contribution in [2.75, 3.05) is 31.1 Å². The van der Waals surface area contributed by atoms with E-state index in [2.05, 4.69) is 58.0 Å². The fourth-order valence-corrected chi connectivity index (χ4v) is 3.72. The first-order chi connectivity index (χ1) is 13.6. The van der Waals surface area contributed by atoms with E-state index in [1.54, 1.807) is 12.4 Å². The summed E-state index contributed by atoms with van der Waals surface area (Å²) in [6.07, 6.45) is 3.47. The molecule has 1 aliphatic heterocycles. The van der Waals surface area contributed by atoms with Crippen LogP contribution in [0, 0.1) is 13.8 Å². The van der Waals surface area contributed by atoms with Gasteiger partial charge in [-0.1, -0.05) is 12.1 Å². The molecule has 4 rings (SSSR count). The Morgan fingerprint density at radius 1 is 1.04 bits per heavy atom. The monoisotopic (exact) mass is 377 g/mol. The molecule has 6 nitrogen and oxygen atoms in total. The number of hydrogen-bond donors (Lipinski definition) is 0. The van der Waals surface area contributed by atoms with Gasteiger partial charge in [0.05, 0.1) is 17.5 Å². The minimum absolute atomic E-state index is 0.732. The Labute approximate surface area is 166 Å². The minimum atomic E-state index is 0.732. The van der Waals surface area contributed by atoms with Gasteiger partial charge >= 0.3 is 0 Å². The quantitative estimate of drug-likeness (QED) is 0.680. The van der Waals surface area contributed by atoms with Crippen molar-refractivity contribution >= 4 is 5.69 Å². The van der Waals surface area contributed by atoms with Crippen molar-refractivity contribution in [2.24, 2.45) is 7.05 Å². The van der Waals surface area contributed by atoms with Gasteiger partial charge in [-0.3, -0.25) is 9.88 Å². The van der Waals surface area contributed by atoms with E-state index in [-0.39, 0.29) is 0 Å². The van der Waals surface area contributed by atoms with Crippen molar-refractivity contribution in [3.8, 4) is 11.6 Å². The molecule has 0 atom stereocenters. The summed E-state index contributed by atoms with van der Waals surface area (Å²) in [6.45, 7) is 9.15. The van der Waals surface area contributed by atoms with Crippen LogP contribution >= 0.6 is 0 Å². The fraction of sp³-hybridized carbons (Fsp3) is 0.364. The van der Waals surface area contributed by atoms with Crippen molar-refractivity contribution in [1.29, 1.82) is 0 Å². The molecule has 0 amide bonds. The predicted molar refractivity (Wildman–Crippen MR) is 111 cm³/mol. The zero-order chi connectivity index (χ0) is 19.5. The Balaban J connectivity index is 1.44. The van der Waals surface area contributed by atoms with Crippen LogP contribution in [0.2, 0.25) is 0 Å². The third-order valence-electron chi connectivity index (χ3n) is 5.26. The predicted octanol–water partition coefficient (Wildman–Crippen LogP) is 3.55. The topological polar surface area (TPSA) is 46.4 Å². The first-order valence-electron chi connectivity index (χ1n) is 9.74. The standard InChI is InChI=1S/C22H27N5O/c1-17-6-4-7-19(14-17)27-12-10-26(11-13-27)16-21-18(2)24-25(3)22(21)28-20-8-5-9-23-15-20/h4-9,14-15H,10-13,16H2,1-3H3. The first kappa shape index (κ1) is 18.5. The van der Waals surface area contributed by atoms with Crippen molar-refractivity contribution in [3.05, 3.63) is 65.6 Å². The van der Waals surface area contributed by atoms with Gasteiger partial charge in [0.2, 0.25) is 5.88 Å². The molecule has 1 fully saturated rings. The maximum Gasteiger partial charge on any atom is 0.222 e.